The minimum atomic E-state index is -0.787. The lowest BCUT2D eigenvalue weighted by Crippen LogP contribution is -2.02. The average Bonchev–Trinajstić information content (AvgIpc) is 2.33. The second-order valence-corrected chi connectivity index (χ2v) is 4.66. The molecule has 1 aromatic carbocycles. The minimum absolute atomic E-state index is 0.544. The normalized spacial score (nSPS) is 12.5. The Bertz CT molecular complexity index is 525. The van der Waals surface area contributed by atoms with E-state index < -0.39 is 6.10 Å². The van der Waals surface area contributed by atoms with Crippen LogP contribution in [0.3, 0.4) is 0 Å². The summed E-state index contributed by atoms with van der Waals surface area (Å²) in [6.07, 6.45) is 0.723. The van der Waals surface area contributed by atoms with Gasteiger partial charge in [0.15, 0.2) is 0 Å². The molecule has 1 heterocycles. The Morgan fingerprint density at radius 3 is 2.53 bits per heavy atom. The molecule has 0 bridgehead atoms. The van der Waals surface area contributed by atoms with Crippen LogP contribution in [0, 0.1) is 6.92 Å². The Labute approximate surface area is 110 Å². The average molecular weight is 268 g/mol. The van der Waals surface area contributed by atoms with Crippen LogP contribution in [-0.4, -0.2) is 10.1 Å². The zero-order valence-electron chi connectivity index (χ0n) is 9.19. The van der Waals surface area contributed by atoms with Crippen molar-refractivity contribution in [2.75, 3.05) is 0 Å². The van der Waals surface area contributed by atoms with Gasteiger partial charge in [-0.25, -0.2) is 0 Å². The number of hydrogen-bond acceptors (Lipinski definition) is 2. The summed E-state index contributed by atoms with van der Waals surface area (Å²) in [6.45, 7) is 1.92. The van der Waals surface area contributed by atoms with E-state index in [-0.39, 0.29) is 0 Å². The Morgan fingerprint density at radius 2 is 1.94 bits per heavy atom. The highest BCUT2D eigenvalue weighted by atomic mass is 35.5. The Balaban J connectivity index is 2.33. The van der Waals surface area contributed by atoms with E-state index in [1.54, 1.807) is 18.2 Å². The number of aryl methyl sites for hydroxylation is 1. The summed E-state index contributed by atoms with van der Waals surface area (Å²) in [6, 6.07) is 8.85. The molecule has 0 amide bonds. The van der Waals surface area contributed by atoms with Gasteiger partial charge in [-0.1, -0.05) is 35.3 Å². The molecule has 4 heteroatoms. The first-order valence-electron chi connectivity index (χ1n) is 5.13. The molecule has 2 aromatic rings. The van der Waals surface area contributed by atoms with E-state index in [1.807, 2.05) is 19.1 Å². The maximum absolute atomic E-state index is 10.1. The fourth-order valence-electron chi connectivity index (χ4n) is 1.50. The molecule has 88 valence electrons. The second kappa shape index (κ2) is 5.05. The van der Waals surface area contributed by atoms with Crippen molar-refractivity contribution in [1.29, 1.82) is 0 Å². The van der Waals surface area contributed by atoms with Gasteiger partial charge in [-0.05, 0) is 36.2 Å². The molecule has 0 aliphatic rings. The van der Waals surface area contributed by atoms with Crippen LogP contribution in [-0.2, 0) is 0 Å². The molecule has 0 aliphatic carbocycles. The maximum Gasteiger partial charge on any atom is 0.121 e. The Kier molecular flexibility index (Phi) is 3.67. The number of benzene rings is 1. The molecule has 1 atom stereocenters. The third kappa shape index (κ3) is 2.78. The number of aliphatic hydroxyl groups excluding tert-OH is 1. The van der Waals surface area contributed by atoms with Crippen LogP contribution in [0.15, 0.2) is 36.5 Å². The summed E-state index contributed by atoms with van der Waals surface area (Å²) < 4.78 is 0. The lowest BCUT2D eigenvalue weighted by atomic mass is 10.0. The van der Waals surface area contributed by atoms with E-state index in [0.29, 0.717) is 15.7 Å². The van der Waals surface area contributed by atoms with Crippen molar-refractivity contribution in [3.05, 3.63) is 63.4 Å². The van der Waals surface area contributed by atoms with Gasteiger partial charge in [-0.3, -0.25) is 4.98 Å². The van der Waals surface area contributed by atoms with E-state index >= 15 is 0 Å². The lowest BCUT2D eigenvalue weighted by molar-refractivity contribution is 0.215. The number of nitrogens with zero attached hydrogens (tertiary/aromatic N) is 1. The molecule has 0 radical (unpaired) electrons. The summed E-state index contributed by atoms with van der Waals surface area (Å²) in [4.78, 5) is 4.08. The van der Waals surface area contributed by atoms with E-state index in [0.717, 1.165) is 11.1 Å². The third-order valence-corrected chi connectivity index (χ3v) is 3.17. The first-order chi connectivity index (χ1) is 8.08. The highest BCUT2D eigenvalue weighted by molar-refractivity contribution is 6.31. The third-order valence-electron chi connectivity index (χ3n) is 2.54. The van der Waals surface area contributed by atoms with Gasteiger partial charge in [0.2, 0.25) is 0 Å². The van der Waals surface area contributed by atoms with Gasteiger partial charge in [0.1, 0.15) is 6.10 Å². The SMILES string of the molecule is Cc1ccc(C(O)c2ccc(Cl)cn2)cc1Cl. The maximum atomic E-state index is 10.1. The smallest absolute Gasteiger partial charge is 0.121 e. The molecule has 0 saturated heterocycles. The second-order valence-electron chi connectivity index (χ2n) is 3.81. The number of rotatable bonds is 2. The van der Waals surface area contributed by atoms with E-state index in [1.165, 1.54) is 6.20 Å². The van der Waals surface area contributed by atoms with Gasteiger partial charge in [0.25, 0.3) is 0 Å². The molecule has 17 heavy (non-hydrogen) atoms. The number of halogens is 2. The number of pyridine rings is 1. The molecule has 2 nitrogen and oxygen atoms in total. The van der Waals surface area contributed by atoms with Crippen LogP contribution >= 0.6 is 23.2 Å². The fraction of sp³-hybridized carbons (Fsp3) is 0.154. The van der Waals surface area contributed by atoms with E-state index in [9.17, 15) is 5.11 Å². The molecule has 1 N–H and O–H groups in total. The van der Waals surface area contributed by atoms with Crippen molar-refractivity contribution >= 4 is 23.2 Å². The largest absolute Gasteiger partial charge is 0.382 e. The molecular weight excluding hydrogens is 257 g/mol. The first kappa shape index (κ1) is 12.4. The molecular formula is C13H11Cl2NO. The quantitative estimate of drug-likeness (QED) is 0.899. The van der Waals surface area contributed by atoms with Crippen LogP contribution in [0.1, 0.15) is 22.9 Å². The minimum Gasteiger partial charge on any atom is -0.382 e. The summed E-state index contributed by atoms with van der Waals surface area (Å²) in [5, 5.41) is 11.3. The molecule has 0 fully saturated rings. The van der Waals surface area contributed by atoms with Gasteiger partial charge >= 0.3 is 0 Å². The molecule has 1 unspecified atom stereocenters. The highest BCUT2D eigenvalue weighted by Crippen LogP contribution is 2.25. The first-order valence-corrected chi connectivity index (χ1v) is 5.89. The summed E-state index contributed by atoms with van der Waals surface area (Å²) >= 11 is 11.8. The van der Waals surface area contributed by atoms with Crippen molar-refractivity contribution in [1.82, 2.24) is 4.98 Å². The highest BCUT2D eigenvalue weighted by Gasteiger charge is 2.12. The Morgan fingerprint density at radius 1 is 1.18 bits per heavy atom. The van der Waals surface area contributed by atoms with Gasteiger partial charge in [-0.2, -0.15) is 0 Å². The van der Waals surface area contributed by atoms with E-state index in [4.69, 9.17) is 23.2 Å². The summed E-state index contributed by atoms with van der Waals surface area (Å²) in [5.41, 5.74) is 2.25. The number of aromatic nitrogens is 1. The fourth-order valence-corrected chi connectivity index (χ4v) is 1.80. The zero-order valence-corrected chi connectivity index (χ0v) is 10.7. The molecule has 0 spiro atoms. The molecule has 0 saturated carbocycles. The zero-order chi connectivity index (χ0) is 12.4. The monoisotopic (exact) mass is 267 g/mol. The number of hydrogen-bond donors (Lipinski definition) is 1. The molecule has 0 aliphatic heterocycles. The van der Waals surface area contributed by atoms with Crippen LogP contribution in [0.25, 0.3) is 0 Å². The standard InChI is InChI=1S/C13H11Cl2NO/c1-8-2-3-9(6-11(8)15)13(17)12-5-4-10(14)7-16-12/h2-7,13,17H,1H3. The van der Waals surface area contributed by atoms with Crippen LogP contribution in [0.5, 0.6) is 0 Å². The molecule has 2 rings (SSSR count). The van der Waals surface area contributed by atoms with Crippen LogP contribution < -0.4 is 0 Å². The van der Waals surface area contributed by atoms with Crippen molar-refractivity contribution in [3.63, 3.8) is 0 Å². The number of aliphatic hydroxyl groups is 1. The summed E-state index contributed by atoms with van der Waals surface area (Å²) in [7, 11) is 0. The van der Waals surface area contributed by atoms with Crippen LogP contribution in [0.2, 0.25) is 10.0 Å². The lowest BCUT2D eigenvalue weighted by Gasteiger charge is -2.11. The van der Waals surface area contributed by atoms with Crippen molar-refractivity contribution in [3.8, 4) is 0 Å². The van der Waals surface area contributed by atoms with Crippen LogP contribution in [0.4, 0.5) is 0 Å². The van der Waals surface area contributed by atoms with Gasteiger partial charge in [0.05, 0.1) is 10.7 Å². The van der Waals surface area contributed by atoms with Gasteiger partial charge in [-0.15, -0.1) is 0 Å². The predicted molar refractivity (Wildman–Crippen MR) is 69.5 cm³/mol. The predicted octanol–water partition coefficient (Wildman–Crippen LogP) is 3.78. The van der Waals surface area contributed by atoms with Crippen molar-refractivity contribution in [2.24, 2.45) is 0 Å². The summed E-state index contributed by atoms with van der Waals surface area (Å²) in [5.74, 6) is 0. The van der Waals surface area contributed by atoms with Gasteiger partial charge in [0, 0.05) is 11.2 Å². The van der Waals surface area contributed by atoms with Crippen molar-refractivity contribution < 1.29 is 5.11 Å². The van der Waals surface area contributed by atoms with Gasteiger partial charge < -0.3 is 5.11 Å². The van der Waals surface area contributed by atoms with E-state index in [2.05, 4.69) is 4.98 Å². The van der Waals surface area contributed by atoms with Crippen molar-refractivity contribution in [2.45, 2.75) is 13.0 Å². The Hall–Kier alpha value is -1.09. The topological polar surface area (TPSA) is 33.1 Å². The molecule has 1 aromatic heterocycles.